The van der Waals surface area contributed by atoms with Gasteiger partial charge in [-0.2, -0.15) is 0 Å². The number of cyclic esters (lactones) is 1. The molecule has 4 amide bonds. The van der Waals surface area contributed by atoms with Crippen LogP contribution in [0, 0.1) is 0 Å². The molecule has 3 heterocycles. The van der Waals surface area contributed by atoms with Gasteiger partial charge in [-0.1, -0.05) is 24.8 Å². The first kappa shape index (κ1) is 21.5. The number of hydrogen-bond acceptors (Lipinski definition) is 6. The standard InChI is InChI=1S/C23H23N3O6/c1-3-5-19-18(4-2)21(28)26(22(19)29)13-17-12-25(23(30)32-17)16-8-6-15(7-9-16)24-10-11-31-14-20(24)27/h3-9,17H,2,10-14H2,1H3/b5-3-. The van der Waals surface area contributed by atoms with E-state index in [1.165, 1.54) is 11.0 Å². The van der Waals surface area contributed by atoms with E-state index in [1.807, 2.05) is 0 Å². The minimum absolute atomic E-state index is 0.0430. The largest absolute Gasteiger partial charge is 0.442 e. The zero-order valence-corrected chi connectivity index (χ0v) is 17.7. The van der Waals surface area contributed by atoms with E-state index >= 15 is 0 Å². The summed E-state index contributed by atoms with van der Waals surface area (Å²) in [6.45, 7) is 6.51. The lowest BCUT2D eigenvalue weighted by molar-refractivity contribution is -0.138. The average Bonchev–Trinajstić information content (AvgIpc) is 3.27. The predicted octanol–water partition coefficient (Wildman–Crippen LogP) is 1.80. The van der Waals surface area contributed by atoms with Gasteiger partial charge in [0.05, 0.1) is 30.8 Å². The van der Waals surface area contributed by atoms with Crippen LogP contribution in [0.15, 0.2) is 60.2 Å². The van der Waals surface area contributed by atoms with E-state index in [0.29, 0.717) is 18.8 Å². The van der Waals surface area contributed by atoms with E-state index in [4.69, 9.17) is 9.47 Å². The van der Waals surface area contributed by atoms with E-state index in [-0.39, 0.29) is 36.7 Å². The lowest BCUT2D eigenvalue weighted by atomic mass is 10.1. The SMILES string of the molecule is C=CC1=C(/C=C\C)C(=O)N(CC2CN(c3ccc(N4CCOCC4=O)cc3)C(=O)O2)C1=O. The highest BCUT2D eigenvalue weighted by molar-refractivity contribution is 6.22. The molecule has 4 rings (SSSR count). The number of nitrogens with zero attached hydrogens (tertiary/aromatic N) is 3. The number of benzene rings is 1. The molecule has 0 bridgehead atoms. The fourth-order valence-corrected chi connectivity index (χ4v) is 3.94. The van der Waals surface area contributed by atoms with Crippen LogP contribution in [-0.4, -0.2) is 67.7 Å². The summed E-state index contributed by atoms with van der Waals surface area (Å²) in [6.07, 6.45) is 3.40. The highest BCUT2D eigenvalue weighted by Gasteiger charge is 2.40. The molecule has 0 radical (unpaired) electrons. The number of allylic oxidation sites excluding steroid dienone is 1. The van der Waals surface area contributed by atoms with Gasteiger partial charge >= 0.3 is 6.09 Å². The van der Waals surface area contributed by atoms with E-state index in [1.54, 1.807) is 48.2 Å². The maximum Gasteiger partial charge on any atom is 0.414 e. The molecule has 2 saturated heterocycles. The maximum absolute atomic E-state index is 12.7. The van der Waals surface area contributed by atoms with Crippen molar-refractivity contribution in [3.8, 4) is 0 Å². The summed E-state index contributed by atoms with van der Waals surface area (Å²) in [6, 6.07) is 6.98. The van der Waals surface area contributed by atoms with Crippen molar-refractivity contribution in [3.63, 3.8) is 0 Å². The number of hydrogen-bond donors (Lipinski definition) is 0. The topological polar surface area (TPSA) is 96.5 Å². The molecule has 3 aliphatic heterocycles. The van der Waals surface area contributed by atoms with Crippen molar-refractivity contribution in [1.82, 2.24) is 4.90 Å². The Morgan fingerprint density at radius 2 is 1.69 bits per heavy atom. The second-order valence-corrected chi connectivity index (χ2v) is 7.48. The highest BCUT2D eigenvalue weighted by Crippen LogP contribution is 2.28. The predicted molar refractivity (Wildman–Crippen MR) is 116 cm³/mol. The number of anilines is 2. The summed E-state index contributed by atoms with van der Waals surface area (Å²) >= 11 is 0. The van der Waals surface area contributed by atoms with Gasteiger partial charge in [-0.05, 0) is 31.2 Å². The van der Waals surface area contributed by atoms with Crippen molar-refractivity contribution >= 4 is 35.2 Å². The third-order valence-electron chi connectivity index (χ3n) is 5.50. The van der Waals surface area contributed by atoms with Crippen molar-refractivity contribution in [1.29, 1.82) is 0 Å². The molecule has 0 aromatic heterocycles. The third kappa shape index (κ3) is 3.82. The van der Waals surface area contributed by atoms with Crippen LogP contribution in [0.25, 0.3) is 0 Å². The Kier molecular flexibility index (Phi) is 5.91. The Hall–Kier alpha value is -3.72. The van der Waals surface area contributed by atoms with Crippen molar-refractivity contribution < 1.29 is 28.7 Å². The molecule has 1 aromatic carbocycles. The molecule has 1 unspecified atom stereocenters. The molecule has 0 saturated carbocycles. The van der Waals surface area contributed by atoms with Crippen LogP contribution < -0.4 is 9.80 Å². The van der Waals surface area contributed by atoms with Crippen LogP contribution in [-0.2, 0) is 23.9 Å². The third-order valence-corrected chi connectivity index (χ3v) is 5.50. The van der Waals surface area contributed by atoms with Crippen LogP contribution in [0.2, 0.25) is 0 Å². The van der Waals surface area contributed by atoms with Gasteiger partial charge in [0.15, 0.2) is 0 Å². The molecule has 32 heavy (non-hydrogen) atoms. The second kappa shape index (κ2) is 8.80. The van der Waals surface area contributed by atoms with E-state index in [9.17, 15) is 19.2 Å². The average molecular weight is 437 g/mol. The smallest absolute Gasteiger partial charge is 0.414 e. The number of rotatable bonds is 6. The fourth-order valence-electron chi connectivity index (χ4n) is 3.94. The zero-order valence-electron chi connectivity index (χ0n) is 17.7. The van der Waals surface area contributed by atoms with Crippen molar-refractivity contribution in [2.75, 3.05) is 42.6 Å². The minimum Gasteiger partial charge on any atom is -0.442 e. The maximum atomic E-state index is 12.7. The van der Waals surface area contributed by atoms with Crippen LogP contribution in [0.5, 0.6) is 0 Å². The summed E-state index contributed by atoms with van der Waals surface area (Å²) in [5.41, 5.74) is 1.84. The lowest BCUT2D eigenvalue weighted by Gasteiger charge is -2.27. The molecule has 1 atom stereocenters. The monoisotopic (exact) mass is 437 g/mol. The number of carbonyl (C=O) groups is 4. The quantitative estimate of drug-likeness (QED) is 0.630. The summed E-state index contributed by atoms with van der Waals surface area (Å²) in [5.74, 6) is -1.00. The Balaban J connectivity index is 1.44. The molecule has 0 N–H and O–H groups in total. The van der Waals surface area contributed by atoms with E-state index in [2.05, 4.69) is 6.58 Å². The van der Waals surface area contributed by atoms with Gasteiger partial charge in [0.2, 0.25) is 0 Å². The summed E-state index contributed by atoms with van der Waals surface area (Å²) in [5, 5.41) is 0. The van der Waals surface area contributed by atoms with Crippen molar-refractivity contribution in [2.45, 2.75) is 13.0 Å². The number of carbonyl (C=O) groups excluding carboxylic acids is 4. The van der Waals surface area contributed by atoms with Gasteiger partial charge < -0.3 is 14.4 Å². The highest BCUT2D eigenvalue weighted by atomic mass is 16.6. The molecule has 1 aromatic rings. The minimum atomic E-state index is -0.660. The summed E-state index contributed by atoms with van der Waals surface area (Å²) < 4.78 is 10.6. The summed E-state index contributed by atoms with van der Waals surface area (Å²) in [7, 11) is 0. The Morgan fingerprint density at radius 3 is 2.31 bits per heavy atom. The van der Waals surface area contributed by atoms with Crippen LogP contribution in [0.4, 0.5) is 16.2 Å². The molecular formula is C23H23N3O6. The Labute approximate surface area is 185 Å². The lowest BCUT2D eigenvalue weighted by Crippen LogP contribution is -2.41. The Bertz CT molecular complexity index is 1040. The molecule has 0 spiro atoms. The Morgan fingerprint density at radius 1 is 1.03 bits per heavy atom. The van der Waals surface area contributed by atoms with Gasteiger partial charge in [0, 0.05) is 17.9 Å². The van der Waals surface area contributed by atoms with Crippen LogP contribution in [0.3, 0.4) is 0 Å². The second-order valence-electron chi connectivity index (χ2n) is 7.48. The van der Waals surface area contributed by atoms with Gasteiger partial charge in [0.1, 0.15) is 12.7 Å². The number of ether oxygens (including phenoxy) is 2. The molecule has 0 aliphatic carbocycles. The first-order valence-electron chi connectivity index (χ1n) is 10.3. The van der Waals surface area contributed by atoms with Gasteiger partial charge in [0.25, 0.3) is 17.7 Å². The van der Waals surface area contributed by atoms with Gasteiger partial charge in [-0.15, -0.1) is 0 Å². The van der Waals surface area contributed by atoms with Crippen LogP contribution in [0.1, 0.15) is 6.92 Å². The molecule has 9 nitrogen and oxygen atoms in total. The zero-order chi connectivity index (χ0) is 22.8. The molecule has 3 aliphatic rings. The first-order chi connectivity index (χ1) is 15.4. The normalized spacial score (nSPS) is 21.9. The number of morpholine rings is 1. The first-order valence-corrected chi connectivity index (χ1v) is 10.3. The summed E-state index contributed by atoms with van der Waals surface area (Å²) in [4.78, 5) is 53.9. The van der Waals surface area contributed by atoms with Crippen LogP contribution >= 0.6 is 0 Å². The molecule has 9 heteroatoms. The number of amides is 4. The van der Waals surface area contributed by atoms with Gasteiger partial charge in [-0.3, -0.25) is 24.2 Å². The molecule has 166 valence electrons. The van der Waals surface area contributed by atoms with E-state index < -0.39 is 24.0 Å². The van der Waals surface area contributed by atoms with Crippen molar-refractivity contribution in [3.05, 3.63) is 60.2 Å². The molecule has 2 fully saturated rings. The fraction of sp³-hybridized carbons (Fsp3) is 0.304. The van der Waals surface area contributed by atoms with Crippen molar-refractivity contribution in [2.24, 2.45) is 0 Å². The number of imide groups is 1. The molecular weight excluding hydrogens is 414 g/mol. The van der Waals surface area contributed by atoms with E-state index in [0.717, 1.165) is 10.6 Å². The van der Waals surface area contributed by atoms with Gasteiger partial charge in [-0.25, -0.2) is 4.79 Å².